The van der Waals surface area contributed by atoms with Gasteiger partial charge in [0.1, 0.15) is 5.75 Å². The molecule has 1 aliphatic heterocycles. The lowest BCUT2D eigenvalue weighted by molar-refractivity contribution is -0.0664. The van der Waals surface area contributed by atoms with Crippen molar-refractivity contribution < 1.29 is 19.0 Å². The molecule has 2 rings (SSSR count). The van der Waals surface area contributed by atoms with Crippen LogP contribution in [0.1, 0.15) is 46.0 Å². The number of ether oxygens (including phenoxy) is 3. The van der Waals surface area contributed by atoms with Crippen LogP contribution in [0.25, 0.3) is 0 Å². The number of hydrogen-bond donors (Lipinski definition) is 1. The Kier molecular flexibility index (Phi) is 9.28. The van der Waals surface area contributed by atoms with Crippen molar-refractivity contribution in [3.8, 4) is 5.75 Å². The molecule has 0 aliphatic carbocycles. The molecule has 1 saturated heterocycles. The van der Waals surface area contributed by atoms with Crippen LogP contribution in [0.15, 0.2) is 24.3 Å². The minimum atomic E-state index is -0.467. The number of nitrogens with zero attached hydrogens (tertiary/aromatic N) is 1. The quantitative estimate of drug-likeness (QED) is 0.629. The van der Waals surface area contributed by atoms with Crippen LogP contribution in [0.3, 0.4) is 0 Å². The first kappa shape index (κ1) is 20.5. The van der Waals surface area contributed by atoms with E-state index in [0.717, 1.165) is 44.5 Å². The zero-order valence-electron chi connectivity index (χ0n) is 16.0. The number of nitrogens with one attached hydrogen (secondary N) is 1. The van der Waals surface area contributed by atoms with Crippen LogP contribution >= 0.6 is 0 Å². The fourth-order valence-electron chi connectivity index (χ4n) is 2.91. The Bertz CT molecular complexity index is 532. The third kappa shape index (κ3) is 7.22. The van der Waals surface area contributed by atoms with Gasteiger partial charge in [-0.25, -0.2) is 4.79 Å². The standard InChI is InChI=1S/C20H32N2O4/c1-3-5-14-25-18-11-9-10-17(15-18)21-20(23)26-19(16-24-4-2)22-12-7-6-8-13-22/h9-11,15,19H,3-8,12-14,16H2,1-2H3,(H,21,23). The Labute approximate surface area is 156 Å². The molecule has 146 valence electrons. The molecule has 1 atom stereocenters. The van der Waals surface area contributed by atoms with Gasteiger partial charge in [-0.05, 0) is 38.3 Å². The van der Waals surface area contributed by atoms with Gasteiger partial charge < -0.3 is 14.2 Å². The maximum Gasteiger partial charge on any atom is 0.413 e. The van der Waals surface area contributed by atoms with Crippen LogP contribution in [0.2, 0.25) is 0 Å². The van der Waals surface area contributed by atoms with Crippen LogP contribution < -0.4 is 10.1 Å². The lowest BCUT2D eigenvalue weighted by atomic mass is 10.1. The van der Waals surface area contributed by atoms with Crippen molar-refractivity contribution in [1.82, 2.24) is 4.90 Å². The molecule has 1 unspecified atom stereocenters. The van der Waals surface area contributed by atoms with Gasteiger partial charge in [0.05, 0.1) is 13.2 Å². The van der Waals surface area contributed by atoms with E-state index in [2.05, 4.69) is 17.1 Å². The number of benzene rings is 1. The second-order valence-electron chi connectivity index (χ2n) is 6.47. The van der Waals surface area contributed by atoms with Crippen molar-refractivity contribution in [2.45, 2.75) is 52.2 Å². The number of anilines is 1. The van der Waals surface area contributed by atoms with Crippen molar-refractivity contribution in [2.24, 2.45) is 0 Å². The fourth-order valence-corrected chi connectivity index (χ4v) is 2.91. The smallest absolute Gasteiger partial charge is 0.413 e. The predicted molar refractivity (Wildman–Crippen MR) is 103 cm³/mol. The zero-order valence-corrected chi connectivity index (χ0v) is 16.0. The highest BCUT2D eigenvalue weighted by Gasteiger charge is 2.24. The first-order chi connectivity index (χ1) is 12.7. The van der Waals surface area contributed by atoms with Crippen LogP contribution in [-0.2, 0) is 9.47 Å². The van der Waals surface area contributed by atoms with Gasteiger partial charge >= 0.3 is 6.09 Å². The van der Waals surface area contributed by atoms with E-state index in [9.17, 15) is 4.79 Å². The van der Waals surface area contributed by atoms with Crippen molar-refractivity contribution in [3.05, 3.63) is 24.3 Å². The average molecular weight is 364 g/mol. The Morgan fingerprint density at radius 3 is 2.77 bits per heavy atom. The van der Waals surface area contributed by atoms with Gasteiger partial charge in [0.15, 0.2) is 6.23 Å². The van der Waals surface area contributed by atoms with Gasteiger partial charge in [-0.3, -0.25) is 10.2 Å². The molecule has 6 heteroatoms. The lowest BCUT2D eigenvalue weighted by Crippen LogP contribution is -2.45. The van der Waals surface area contributed by atoms with Crippen molar-refractivity contribution in [1.29, 1.82) is 0 Å². The maximum absolute atomic E-state index is 12.3. The molecule has 0 saturated carbocycles. The number of likely N-dealkylation sites (tertiary alicyclic amines) is 1. The summed E-state index contributed by atoms with van der Waals surface area (Å²) in [7, 11) is 0. The first-order valence-corrected chi connectivity index (χ1v) is 9.75. The molecule has 6 nitrogen and oxygen atoms in total. The molecular weight excluding hydrogens is 332 g/mol. The Morgan fingerprint density at radius 1 is 1.23 bits per heavy atom. The van der Waals surface area contributed by atoms with Crippen LogP contribution in [0.5, 0.6) is 5.75 Å². The fraction of sp³-hybridized carbons (Fsp3) is 0.650. The summed E-state index contributed by atoms with van der Waals surface area (Å²) in [6.07, 6.45) is 4.77. The zero-order chi connectivity index (χ0) is 18.6. The third-order valence-electron chi connectivity index (χ3n) is 4.35. The van der Waals surface area contributed by atoms with Crippen LogP contribution in [-0.4, -0.2) is 50.1 Å². The Morgan fingerprint density at radius 2 is 2.04 bits per heavy atom. The average Bonchev–Trinajstić information content (AvgIpc) is 2.66. The molecule has 0 bridgehead atoms. The minimum absolute atomic E-state index is 0.348. The molecule has 0 radical (unpaired) electrons. The summed E-state index contributed by atoms with van der Waals surface area (Å²) < 4.78 is 16.8. The minimum Gasteiger partial charge on any atom is -0.494 e. The highest BCUT2D eigenvalue weighted by Crippen LogP contribution is 2.19. The lowest BCUT2D eigenvalue weighted by Gasteiger charge is -2.33. The second kappa shape index (κ2) is 11.8. The van der Waals surface area contributed by atoms with Gasteiger partial charge in [-0.2, -0.15) is 0 Å². The molecule has 1 aliphatic rings. The molecule has 1 heterocycles. The van der Waals surface area contributed by atoms with Crippen molar-refractivity contribution in [3.63, 3.8) is 0 Å². The SMILES string of the molecule is CCCCOc1cccc(NC(=O)OC(COCC)N2CCCCC2)c1. The van der Waals surface area contributed by atoms with Gasteiger partial charge in [-0.15, -0.1) is 0 Å². The van der Waals surface area contributed by atoms with Gasteiger partial charge in [0.2, 0.25) is 0 Å². The molecule has 1 aromatic carbocycles. The normalized spacial score (nSPS) is 16.1. The molecule has 0 aromatic heterocycles. The van der Waals surface area contributed by atoms with Crippen molar-refractivity contribution >= 4 is 11.8 Å². The maximum atomic E-state index is 12.3. The topological polar surface area (TPSA) is 60.0 Å². The van der Waals surface area contributed by atoms with E-state index in [-0.39, 0.29) is 6.23 Å². The molecule has 1 amide bonds. The van der Waals surface area contributed by atoms with E-state index in [4.69, 9.17) is 14.2 Å². The largest absolute Gasteiger partial charge is 0.494 e. The summed E-state index contributed by atoms with van der Waals surface area (Å²) >= 11 is 0. The molecule has 0 spiro atoms. The van der Waals surface area contributed by atoms with E-state index in [1.165, 1.54) is 6.42 Å². The van der Waals surface area contributed by atoms with Gasteiger partial charge in [-0.1, -0.05) is 25.8 Å². The molecular formula is C20H32N2O4. The van der Waals surface area contributed by atoms with E-state index in [1.54, 1.807) is 0 Å². The van der Waals surface area contributed by atoms with Crippen LogP contribution in [0.4, 0.5) is 10.5 Å². The van der Waals surface area contributed by atoms with Crippen LogP contribution in [0, 0.1) is 0 Å². The molecule has 1 fully saturated rings. The number of unbranched alkanes of at least 4 members (excludes halogenated alkanes) is 1. The summed E-state index contributed by atoms with van der Waals surface area (Å²) in [4.78, 5) is 14.5. The first-order valence-electron chi connectivity index (χ1n) is 9.75. The number of amides is 1. The second-order valence-corrected chi connectivity index (χ2v) is 6.47. The molecule has 26 heavy (non-hydrogen) atoms. The summed E-state index contributed by atoms with van der Waals surface area (Å²) in [6.45, 7) is 7.61. The number of hydrogen-bond acceptors (Lipinski definition) is 5. The van der Waals surface area contributed by atoms with Gasteiger partial charge in [0, 0.05) is 31.5 Å². The van der Waals surface area contributed by atoms with E-state index >= 15 is 0 Å². The summed E-state index contributed by atoms with van der Waals surface area (Å²) in [5, 5.41) is 2.80. The molecule has 1 aromatic rings. The molecule has 1 N–H and O–H groups in total. The monoisotopic (exact) mass is 364 g/mol. The number of piperidine rings is 1. The Hall–Kier alpha value is -1.79. The highest BCUT2D eigenvalue weighted by atomic mass is 16.6. The van der Waals surface area contributed by atoms with E-state index in [0.29, 0.717) is 25.5 Å². The highest BCUT2D eigenvalue weighted by molar-refractivity contribution is 5.84. The van der Waals surface area contributed by atoms with Gasteiger partial charge in [0.25, 0.3) is 0 Å². The van der Waals surface area contributed by atoms with E-state index in [1.807, 2.05) is 31.2 Å². The summed E-state index contributed by atoms with van der Waals surface area (Å²) in [5.74, 6) is 0.748. The summed E-state index contributed by atoms with van der Waals surface area (Å²) in [6, 6.07) is 7.39. The number of rotatable bonds is 10. The van der Waals surface area contributed by atoms with E-state index < -0.39 is 6.09 Å². The Balaban J connectivity index is 1.88. The predicted octanol–water partition coefficient (Wildman–Crippen LogP) is 4.26. The number of carbonyl (C=O) groups is 1. The number of carbonyl (C=O) groups excluding carboxylic acids is 1. The summed E-state index contributed by atoms with van der Waals surface area (Å²) in [5.41, 5.74) is 0.665. The third-order valence-corrected chi connectivity index (χ3v) is 4.35. The van der Waals surface area contributed by atoms with Crippen molar-refractivity contribution in [2.75, 3.05) is 38.2 Å².